The minimum absolute atomic E-state index is 0.245. The molecule has 2 aromatic carbocycles. The number of imidazole rings is 1. The first-order valence-electron chi connectivity index (χ1n) is 10.4. The number of nitrogens with one attached hydrogen (secondary N) is 1. The van der Waals surface area contributed by atoms with Crippen molar-refractivity contribution >= 4 is 28.5 Å². The number of para-hydroxylation sites is 2. The summed E-state index contributed by atoms with van der Waals surface area (Å²) in [4.78, 5) is 16.8. The lowest BCUT2D eigenvalue weighted by Gasteiger charge is -2.19. The van der Waals surface area contributed by atoms with Gasteiger partial charge in [-0.2, -0.15) is 5.26 Å². The smallest absolute Gasteiger partial charge is 0.306 e. The van der Waals surface area contributed by atoms with E-state index in [4.69, 9.17) is 9.72 Å². The molecule has 31 heavy (non-hydrogen) atoms. The lowest BCUT2D eigenvalue weighted by molar-refractivity contribution is -0.143. The molecule has 4 aromatic rings. The van der Waals surface area contributed by atoms with Crippen LogP contribution < -0.4 is 5.32 Å². The maximum absolute atomic E-state index is 12.1. The maximum atomic E-state index is 12.1. The summed E-state index contributed by atoms with van der Waals surface area (Å²) in [5.41, 5.74) is 5.79. The predicted molar refractivity (Wildman–Crippen MR) is 121 cm³/mol. The van der Waals surface area contributed by atoms with Crippen molar-refractivity contribution in [1.82, 2.24) is 9.38 Å². The molecule has 0 fully saturated rings. The normalized spacial score (nSPS) is 10.9. The van der Waals surface area contributed by atoms with Gasteiger partial charge in [0.15, 0.2) is 5.65 Å². The first-order chi connectivity index (χ1) is 15.1. The average Bonchev–Trinajstić information content (AvgIpc) is 3.16. The van der Waals surface area contributed by atoms with E-state index in [0.29, 0.717) is 30.8 Å². The van der Waals surface area contributed by atoms with E-state index >= 15 is 0 Å². The molecule has 156 valence electrons. The van der Waals surface area contributed by atoms with Crippen molar-refractivity contribution in [3.63, 3.8) is 0 Å². The molecule has 6 nitrogen and oxygen atoms in total. The van der Waals surface area contributed by atoms with Crippen LogP contribution >= 0.6 is 0 Å². The number of ether oxygens (including phenoxy) is 1. The number of nitriles is 1. The van der Waals surface area contributed by atoms with Gasteiger partial charge >= 0.3 is 5.97 Å². The highest BCUT2D eigenvalue weighted by molar-refractivity contribution is 5.86. The Morgan fingerprint density at radius 1 is 1.16 bits per heavy atom. The van der Waals surface area contributed by atoms with Gasteiger partial charge < -0.3 is 10.1 Å². The fourth-order valence-corrected chi connectivity index (χ4v) is 3.92. The number of aromatic nitrogens is 2. The van der Waals surface area contributed by atoms with Gasteiger partial charge in [-0.25, -0.2) is 4.98 Å². The topological polar surface area (TPSA) is 79.4 Å². The number of fused-ring (bicyclic) bond motifs is 3. The minimum atomic E-state index is -0.245. The van der Waals surface area contributed by atoms with Crippen molar-refractivity contribution in [3.8, 4) is 6.07 Å². The molecule has 0 saturated heterocycles. The Bertz CT molecular complexity index is 1290. The van der Waals surface area contributed by atoms with E-state index in [1.54, 1.807) is 6.92 Å². The number of nitrogens with zero attached hydrogens (tertiary/aromatic N) is 3. The molecule has 4 rings (SSSR count). The summed E-state index contributed by atoms with van der Waals surface area (Å²) >= 11 is 0. The fourth-order valence-electron chi connectivity index (χ4n) is 3.92. The molecule has 1 N–H and O–H groups in total. The highest BCUT2D eigenvalue weighted by Gasteiger charge is 2.21. The third-order valence-electron chi connectivity index (χ3n) is 5.42. The lowest BCUT2D eigenvalue weighted by atomic mass is 10.00. The molecule has 0 aliphatic carbocycles. The number of carbonyl (C=O) groups excluding carboxylic acids is 1. The van der Waals surface area contributed by atoms with Crippen LogP contribution in [-0.2, 0) is 22.5 Å². The Morgan fingerprint density at radius 3 is 2.65 bits per heavy atom. The van der Waals surface area contributed by atoms with Crippen molar-refractivity contribution in [2.24, 2.45) is 0 Å². The third-order valence-corrected chi connectivity index (χ3v) is 5.42. The summed E-state index contributed by atoms with van der Waals surface area (Å²) in [6, 6.07) is 20.3. The number of rotatable bonds is 7. The number of pyridine rings is 1. The molecule has 0 aliphatic rings. The van der Waals surface area contributed by atoms with Crippen LogP contribution in [0.15, 0.2) is 54.6 Å². The third kappa shape index (κ3) is 3.95. The van der Waals surface area contributed by atoms with Gasteiger partial charge in [-0.05, 0) is 49.1 Å². The summed E-state index contributed by atoms with van der Waals surface area (Å²) in [5, 5.41) is 13.5. The van der Waals surface area contributed by atoms with Gasteiger partial charge in [0.2, 0.25) is 0 Å². The number of benzene rings is 2. The second-order valence-corrected chi connectivity index (χ2v) is 7.34. The zero-order valence-corrected chi connectivity index (χ0v) is 17.7. The molecule has 0 bridgehead atoms. The Kier molecular flexibility index (Phi) is 5.85. The van der Waals surface area contributed by atoms with Crippen LogP contribution in [0.5, 0.6) is 0 Å². The molecule has 6 heteroatoms. The zero-order valence-electron chi connectivity index (χ0n) is 17.7. The van der Waals surface area contributed by atoms with Crippen LogP contribution in [0.1, 0.15) is 35.6 Å². The average molecular weight is 412 g/mol. The van der Waals surface area contributed by atoms with E-state index in [-0.39, 0.29) is 12.4 Å². The molecule has 0 amide bonds. The van der Waals surface area contributed by atoms with Gasteiger partial charge in [0.25, 0.3) is 0 Å². The van der Waals surface area contributed by atoms with E-state index in [0.717, 1.165) is 33.5 Å². The van der Waals surface area contributed by atoms with Crippen LogP contribution in [-0.4, -0.2) is 22.0 Å². The van der Waals surface area contributed by atoms with Crippen molar-refractivity contribution in [3.05, 3.63) is 76.9 Å². The highest BCUT2D eigenvalue weighted by atomic mass is 16.5. The maximum Gasteiger partial charge on any atom is 0.306 e. The largest absolute Gasteiger partial charge is 0.466 e. The van der Waals surface area contributed by atoms with Crippen LogP contribution in [0, 0.1) is 18.3 Å². The molecule has 0 radical (unpaired) electrons. The molecule has 0 spiro atoms. The number of esters is 1. The van der Waals surface area contributed by atoms with Crippen molar-refractivity contribution in [2.45, 2.75) is 33.2 Å². The van der Waals surface area contributed by atoms with E-state index in [1.165, 1.54) is 0 Å². The van der Waals surface area contributed by atoms with Crippen molar-refractivity contribution < 1.29 is 9.53 Å². The van der Waals surface area contributed by atoms with Crippen molar-refractivity contribution in [2.75, 3.05) is 11.9 Å². The first-order valence-corrected chi connectivity index (χ1v) is 10.4. The summed E-state index contributed by atoms with van der Waals surface area (Å²) in [6.07, 6.45) is 0.719. The summed E-state index contributed by atoms with van der Waals surface area (Å²) < 4.78 is 7.13. The fraction of sp³-hybridized carbons (Fsp3) is 0.240. The highest BCUT2D eigenvalue weighted by Crippen LogP contribution is 2.32. The van der Waals surface area contributed by atoms with Crippen molar-refractivity contribution in [1.29, 1.82) is 5.26 Å². The summed E-state index contributed by atoms with van der Waals surface area (Å²) in [6.45, 7) is 4.69. The molecule has 0 aliphatic heterocycles. The predicted octanol–water partition coefficient (Wildman–Crippen LogP) is 4.78. The SMILES string of the molecule is CCOC(=O)CCc1c(C)c(C#N)c2nc3ccccc3n2c1NCc1ccccc1. The second-order valence-electron chi connectivity index (χ2n) is 7.34. The van der Waals surface area contributed by atoms with E-state index in [1.807, 2.05) is 53.8 Å². The quantitative estimate of drug-likeness (QED) is 0.442. The van der Waals surface area contributed by atoms with Gasteiger partial charge in [0, 0.05) is 13.0 Å². The van der Waals surface area contributed by atoms with Gasteiger partial charge in [-0.15, -0.1) is 0 Å². The molecular formula is C25H24N4O2. The molecule has 0 unspecified atom stereocenters. The summed E-state index contributed by atoms with van der Waals surface area (Å²) in [5.74, 6) is 0.610. The minimum Gasteiger partial charge on any atom is -0.466 e. The molecule has 0 atom stereocenters. The van der Waals surface area contributed by atoms with Gasteiger partial charge in [-0.3, -0.25) is 9.20 Å². The standard InChI is InChI=1S/C25H24N4O2/c1-3-31-23(30)14-13-19-17(2)20(15-26)25-28-21-11-7-8-12-22(21)29(25)24(19)27-16-18-9-5-4-6-10-18/h4-12,27H,3,13-14,16H2,1-2H3. The summed E-state index contributed by atoms with van der Waals surface area (Å²) in [7, 11) is 0. The molecule has 2 heterocycles. The Balaban J connectivity index is 1.89. The van der Waals surface area contributed by atoms with Gasteiger partial charge in [0.1, 0.15) is 11.9 Å². The van der Waals surface area contributed by atoms with Crippen LogP contribution in [0.4, 0.5) is 5.82 Å². The van der Waals surface area contributed by atoms with E-state index in [9.17, 15) is 10.1 Å². The molecule has 2 aromatic heterocycles. The zero-order chi connectivity index (χ0) is 21.8. The molecular weight excluding hydrogens is 388 g/mol. The second kappa shape index (κ2) is 8.88. The van der Waals surface area contributed by atoms with Gasteiger partial charge in [-0.1, -0.05) is 42.5 Å². The molecule has 0 saturated carbocycles. The van der Waals surface area contributed by atoms with Crippen LogP contribution in [0.25, 0.3) is 16.7 Å². The Hall–Kier alpha value is -3.85. The van der Waals surface area contributed by atoms with E-state index < -0.39 is 0 Å². The van der Waals surface area contributed by atoms with E-state index in [2.05, 4.69) is 23.5 Å². The Morgan fingerprint density at radius 2 is 1.90 bits per heavy atom. The Labute approximate surface area is 181 Å². The lowest BCUT2D eigenvalue weighted by Crippen LogP contribution is -2.13. The van der Waals surface area contributed by atoms with Crippen LogP contribution in [0.3, 0.4) is 0 Å². The number of hydrogen-bond acceptors (Lipinski definition) is 5. The van der Waals surface area contributed by atoms with Crippen LogP contribution in [0.2, 0.25) is 0 Å². The first kappa shape index (κ1) is 20.4. The number of hydrogen-bond donors (Lipinski definition) is 1. The number of carbonyl (C=O) groups is 1. The monoisotopic (exact) mass is 412 g/mol. The number of anilines is 1. The van der Waals surface area contributed by atoms with Gasteiger partial charge in [0.05, 0.1) is 23.2 Å².